The van der Waals surface area contributed by atoms with Gasteiger partial charge in [-0.1, -0.05) is 18.2 Å². The number of thiophene rings is 1. The average Bonchev–Trinajstić information content (AvgIpc) is 2.83. The summed E-state index contributed by atoms with van der Waals surface area (Å²) in [5.41, 5.74) is 2.01. The maximum atomic E-state index is 4.45. The molecule has 0 saturated heterocycles. The number of fused-ring (bicyclic) bond motifs is 1. The molecule has 16 heavy (non-hydrogen) atoms. The van der Waals surface area contributed by atoms with E-state index in [1.807, 2.05) is 18.7 Å². The second-order valence-electron chi connectivity index (χ2n) is 3.83. The molecule has 0 spiro atoms. The SMILES string of the molecule is Cc1[c]c(-c2cc3ccccc3s2)nn1C. The van der Waals surface area contributed by atoms with Crippen molar-refractivity contribution in [2.75, 3.05) is 0 Å². The number of nitrogens with zero attached hydrogens (tertiary/aromatic N) is 2. The highest BCUT2D eigenvalue weighted by molar-refractivity contribution is 7.22. The van der Waals surface area contributed by atoms with E-state index in [0.717, 1.165) is 11.4 Å². The molecule has 79 valence electrons. The van der Waals surface area contributed by atoms with Crippen molar-refractivity contribution in [1.82, 2.24) is 9.78 Å². The van der Waals surface area contributed by atoms with E-state index in [2.05, 4.69) is 41.5 Å². The molecule has 0 aliphatic heterocycles. The van der Waals surface area contributed by atoms with E-state index in [0.29, 0.717) is 0 Å². The summed E-state index contributed by atoms with van der Waals surface area (Å²) in [6.45, 7) is 2.02. The van der Waals surface area contributed by atoms with Crippen LogP contribution in [0.25, 0.3) is 20.7 Å². The fourth-order valence-electron chi connectivity index (χ4n) is 1.71. The van der Waals surface area contributed by atoms with Crippen molar-refractivity contribution in [3.05, 3.63) is 42.1 Å². The van der Waals surface area contributed by atoms with Crippen LogP contribution in [0.15, 0.2) is 30.3 Å². The molecule has 2 nitrogen and oxygen atoms in total. The smallest absolute Gasteiger partial charge is 0.111 e. The highest BCUT2D eigenvalue weighted by atomic mass is 32.1. The first-order valence-corrected chi connectivity index (χ1v) is 5.97. The highest BCUT2D eigenvalue weighted by Crippen LogP contribution is 2.32. The van der Waals surface area contributed by atoms with Gasteiger partial charge in [0.15, 0.2) is 0 Å². The zero-order chi connectivity index (χ0) is 11.1. The Labute approximate surface area is 98.1 Å². The van der Waals surface area contributed by atoms with Gasteiger partial charge in [0.2, 0.25) is 0 Å². The summed E-state index contributed by atoms with van der Waals surface area (Å²) in [5, 5.41) is 5.72. The molecule has 3 aromatic rings. The van der Waals surface area contributed by atoms with Gasteiger partial charge in [0.25, 0.3) is 0 Å². The van der Waals surface area contributed by atoms with E-state index < -0.39 is 0 Å². The molecule has 1 aromatic carbocycles. The van der Waals surface area contributed by atoms with Crippen LogP contribution in [-0.4, -0.2) is 9.78 Å². The summed E-state index contributed by atoms with van der Waals surface area (Å²) in [4.78, 5) is 1.19. The molecule has 0 atom stereocenters. The molecule has 0 unspecified atom stereocenters. The Hall–Kier alpha value is -1.61. The third kappa shape index (κ3) is 1.44. The molecule has 0 aliphatic carbocycles. The standard InChI is InChI=1S/C13H11N2S/c1-9-7-11(14-15(9)2)13-8-10-5-3-4-6-12(10)16-13/h3-6,8H,1-2H3. The molecular formula is C13H11N2S. The van der Waals surface area contributed by atoms with Crippen molar-refractivity contribution in [3.63, 3.8) is 0 Å². The number of benzene rings is 1. The number of aryl methyl sites for hydroxylation is 2. The molecule has 0 bridgehead atoms. The van der Waals surface area contributed by atoms with Gasteiger partial charge in [-0.25, -0.2) is 0 Å². The lowest BCUT2D eigenvalue weighted by atomic mass is 10.2. The first-order chi connectivity index (χ1) is 7.74. The summed E-state index contributed by atoms with van der Waals surface area (Å²) in [7, 11) is 1.95. The first kappa shape index (κ1) is 9.60. The lowest BCUT2D eigenvalue weighted by Gasteiger charge is -1.89. The summed E-state index contributed by atoms with van der Waals surface area (Å²) < 4.78 is 3.16. The topological polar surface area (TPSA) is 17.8 Å². The van der Waals surface area contributed by atoms with Crippen molar-refractivity contribution >= 4 is 21.4 Å². The van der Waals surface area contributed by atoms with Crippen LogP contribution in [0, 0.1) is 13.0 Å². The van der Waals surface area contributed by atoms with Crippen molar-refractivity contribution in [2.45, 2.75) is 6.92 Å². The zero-order valence-electron chi connectivity index (χ0n) is 9.19. The summed E-state index contributed by atoms with van der Waals surface area (Å²) in [6.07, 6.45) is 0. The van der Waals surface area contributed by atoms with Gasteiger partial charge in [-0.3, -0.25) is 4.68 Å². The van der Waals surface area contributed by atoms with Crippen LogP contribution in [0.2, 0.25) is 0 Å². The molecule has 2 aromatic heterocycles. The van der Waals surface area contributed by atoms with Crippen LogP contribution in [0.4, 0.5) is 0 Å². The molecule has 0 N–H and O–H groups in total. The van der Waals surface area contributed by atoms with E-state index in [1.54, 1.807) is 11.3 Å². The molecule has 0 aliphatic rings. The second kappa shape index (κ2) is 3.46. The Morgan fingerprint density at radius 1 is 1.31 bits per heavy atom. The molecule has 0 saturated carbocycles. The summed E-state index contributed by atoms with van der Waals surface area (Å²) in [6, 6.07) is 13.9. The van der Waals surface area contributed by atoms with Crippen molar-refractivity contribution in [1.29, 1.82) is 0 Å². The van der Waals surface area contributed by atoms with Crippen LogP contribution in [-0.2, 0) is 7.05 Å². The third-order valence-electron chi connectivity index (χ3n) is 2.69. The largest absolute Gasteiger partial charge is 0.272 e. The number of rotatable bonds is 1. The lowest BCUT2D eigenvalue weighted by Crippen LogP contribution is -1.91. The van der Waals surface area contributed by atoms with Crippen LogP contribution in [0.3, 0.4) is 0 Å². The van der Waals surface area contributed by atoms with Gasteiger partial charge >= 0.3 is 0 Å². The van der Waals surface area contributed by atoms with Crippen LogP contribution < -0.4 is 0 Å². The predicted octanol–water partition coefficient (Wildman–Crippen LogP) is 3.41. The lowest BCUT2D eigenvalue weighted by molar-refractivity contribution is 0.743. The fourth-order valence-corrected chi connectivity index (χ4v) is 2.71. The monoisotopic (exact) mass is 227 g/mol. The summed E-state index contributed by atoms with van der Waals surface area (Å²) in [5.74, 6) is 0. The second-order valence-corrected chi connectivity index (χ2v) is 4.91. The third-order valence-corrected chi connectivity index (χ3v) is 3.82. The molecule has 2 heterocycles. The van der Waals surface area contributed by atoms with Gasteiger partial charge in [-0.2, -0.15) is 5.10 Å². The van der Waals surface area contributed by atoms with Crippen molar-refractivity contribution < 1.29 is 0 Å². The van der Waals surface area contributed by atoms with Gasteiger partial charge in [0.1, 0.15) is 5.69 Å². The van der Waals surface area contributed by atoms with Crippen LogP contribution in [0.1, 0.15) is 5.69 Å². The van der Waals surface area contributed by atoms with E-state index in [4.69, 9.17) is 0 Å². The highest BCUT2D eigenvalue weighted by Gasteiger charge is 2.08. The summed E-state index contributed by atoms with van der Waals surface area (Å²) >= 11 is 1.77. The Kier molecular flexibility index (Phi) is 2.07. The van der Waals surface area contributed by atoms with Gasteiger partial charge in [-0.15, -0.1) is 11.3 Å². The first-order valence-electron chi connectivity index (χ1n) is 5.16. The maximum Gasteiger partial charge on any atom is 0.111 e. The van der Waals surface area contributed by atoms with Crippen LogP contribution in [0.5, 0.6) is 0 Å². The molecule has 3 rings (SSSR count). The van der Waals surface area contributed by atoms with Gasteiger partial charge in [0.05, 0.1) is 4.88 Å². The molecular weight excluding hydrogens is 216 g/mol. The van der Waals surface area contributed by atoms with E-state index in [-0.39, 0.29) is 0 Å². The Balaban J connectivity index is 2.18. The van der Waals surface area contributed by atoms with E-state index >= 15 is 0 Å². The minimum atomic E-state index is 0.946. The van der Waals surface area contributed by atoms with Crippen molar-refractivity contribution in [3.8, 4) is 10.6 Å². The number of aromatic nitrogens is 2. The Morgan fingerprint density at radius 2 is 2.12 bits per heavy atom. The number of hydrogen-bond donors (Lipinski definition) is 0. The molecule has 0 amide bonds. The fraction of sp³-hybridized carbons (Fsp3) is 0.154. The van der Waals surface area contributed by atoms with Gasteiger partial charge in [0, 0.05) is 23.5 Å². The van der Waals surface area contributed by atoms with E-state index in [9.17, 15) is 0 Å². The Bertz CT molecular complexity index is 596. The Morgan fingerprint density at radius 3 is 2.81 bits per heavy atom. The normalized spacial score (nSPS) is 11.1. The molecule has 3 heteroatoms. The zero-order valence-corrected chi connectivity index (χ0v) is 10.0. The number of hydrogen-bond acceptors (Lipinski definition) is 2. The minimum absolute atomic E-state index is 0.946. The maximum absolute atomic E-state index is 4.45. The molecule has 0 fully saturated rings. The van der Waals surface area contributed by atoms with Gasteiger partial charge < -0.3 is 0 Å². The predicted molar refractivity (Wildman–Crippen MR) is 67.6 cm³/mol. The minimum Gasteiger partial charge on any atom is -0.272 e. The van der Waals surface area contributed by atoms with Crippen LogP contribution >= 0.6 is 11.3 Å². The van der Waals surface area contributed by atoms with Gasteiger partial charge in [-0.05, 0) is 24.4 Å². The molecule has 1 radical (unpaired) electrons. The average molecular weight is 227 g/mol. The van der Waals surface area contributed by atoms with E-state index in [1.165, 1.54) is 15.0 Å². The quantitative estimate of drug-likeness (QED) is 0.623. The van der Waals surface area contributed by atoms with Crippen molar-refractivity contribution in [2.24, 2.45) is 7.05 Å².